The molecule has 148 valence electrons. The fourth-order valence-corrected chi connectivity index (χ4v) is 3.23. The summed E-state index contributed by atoms with van der Waals surface area (Å²) >= 11 is 0. The molecule has 9 heteroatoms. The minimum Gasteiger partial charge on any atom is -0.497 e. The van der Waals surface area contributed by atoms with E-state index in [-0.39, 0.29) is 9.79 Å². The van der Waals surface area contributed by atoms with Crippen molar-refractivity contribution in [1.29, 1.82) is 0 Å². The number of benzene rings is 3. The van der Waals surface area contributed by atoms with Crippen molar-refractivity contribution in [2.75, 3.05) is 7.11 Å². The average molecular weight is 421 g/mol. The average Bonchev–Trinajstić information content (AvgIpc) is 2.68. The van der Waals surface area contributed by atoms with Crippen LogP contribution < -0.4 is 9.88 Å². The van der Waals surface area contributed by atoms with Gasteiger partial charge in [-0.3, -0.25) is 4.55 Å². The van der Waals surface area contributed by atoms with Gasteiger partial charge in [-0.2, -0.15) is 8.42 Å². The van der Waals surface area contributed by atoms with Gasteiger partial charge in [0.05, 0.1) is 16.9 Å². The molecule has 0 unspecified atom stereocenters. The van der Waals surface area contributed by atoms with E-state index in [2.05, 4.69) is 0 Å². The van der Waals surface area contributed by atoms with Gasteiger partial charge in [-0.05, 0) is 47.5 Å². The molecule has 0 saturated heterocycles. The summed E-state index contributed by atoms with van der Waals surface area (Å²) in [6, 6.07) is 21.3. The van der Waals surface area contributed by atoms with Crippen molar-refractivity contribution in [2.45, 2.75) is 9.79 Å². The fraction of sp³-hybridized carbons (Fsp3) is 0.0526. The SMILES string of the molecule is COc1ccc(-c2ccc(S(=O)(=O)O)cc2)cc1.NS(=O)(=O)c1ccccc1. The molecule has 3 rings (SSSR count). The molecular formula is C19H19NO6S2. The van der Waals surface area contributed by atoms with Crippen LogP contribution in [0.15, 0.2) is 88.7 Å². The van der Waals surface area contributed by atoms with E-state index in [4.69, 9.17) is 14.4 Å². The number of ether oxygens (including phenoxy) is 1. The normalized spacial score (nSPS) is 11.2. The molecule has 28 heavy (non-hydrogen) atoms. The molecule has 0 radical (unpaired) electrons. The zero-order valence-corrected chi connectivity index (χ0v) is 16.5. The summed E-state index contributed by atoms with van der Waals surface area (Å²) in [7, 11) is -6.04. The summed E-state index contributed by atoms with van der Waals surface area (Å²) in [4.78, 5) is 0.0368. The highest BCUT2D eigenvalue weighted by molar-refractivity contribution is 7.89. The van der Waals surface area contributed by atoms with Crippen LogP contribution in [-0.4, -0.2) is 28.5 Å². The van der Waals surface area contributed by atoms with Gasteiger partial charge in [-0.15, -0.1) is 0 Å². The van der Waals surface area contributed by atoms with Gasteiger partial charge >= 0.3 is 0 Å². The van der Waals surface area contributed by atoms with Crippen LogP contribution in [0.25, 0.3) is 11.1 Å². The molecule has 0 bridgehead atoms. The number of sulfonamides is 1. The molecular weight excluding hydrogens is 402 g/mol. The summed E-state index contributed by atoms with van der Waals surface area (Å²) < 4.78 is 57.0. The Balaban J connectivity index is 0.000000237. The molecule has 3 aromatic carbocycles. The predicted molar refractivity (Wildman–Crippen MR) is 106 cm³/mol. The van der Waals surface area contributed by atoms with Crippen LogP contribution in [0.3, 0.4) is 0 Å². The smallest absolute Gasteiger partial charge is 0.294 e. The summed E-state index contributed by atoms with van der Waals surface area (Å²) in [5.74, 6) is 0.758. The Labute approximate surface area is 164 Å². The number of hydrogen-bond acceptors (Lipinski definition) is 5. The minimum absolute atomic E-state index is 0.111. The third-order valence-electron chi connectivity index (χ3n) is 3.65. The van der Waals surface area contributed by atoms with Gasteiger partial charge in [-0.1, -0.05) is 42.5 Å². The minimum atomic E-state index is -4.13. The number of hydrogen-bond donors (Lipinski definition) is 2. The highest BCUT2D eigenvalue weighted by atomic mass is 32.2. The lowest BCUT2D eigenvalue weighted by atomic mass is 10.1. The second-order valence-corrected chi connectivity index (χ2v) is 8.57. The molecule has 0 amide bonds. The van der Waals surface area contributed by atoms with Crippen molar-refractivity contribution in [1.82, 2.24) is 0 Å². The van der Waals surface area contributed by atoms with E-state index in [0.717, 1.165) is 16.9 Å². The maximum absolute atomic E-state index is 10.9. The van der Waals surface area contributed by atoms with E-state index in [1.807, 2.05) is 24.3 Å². The topological polar surface area (TPSA) is 124 Å². The van der Waals surface area contributed by atoms with E-state index >= 15 is 0 Å². The molecule has 0 aliphatic rings. The molecule has 0 aliphatic carbocycles. The van der Waals surface area contributed by atoms with Gasteiger partial charge in [0.25, 0.3) is 10.1 Å². The second kappa shape index (κ2) is 8.98. The number of rotatable bonds is 4. The standard InChI is InChI=1S/C13H12O4S.C6H7NO2S/c1-17-12-6-2-10(3-7-12)11-4-8-13(9-5-11)18(14,15)16;7-10(8,9)6-4-2-1-3-5-6/h2-9H,1H3,(H,14,15,16);1-5H,(H2,7,8,9). The molecule has 0 spiro atoms. The van der Waals surface area contributed by atoms with Crippen molar-refractivity contribution < 1.29 is 26.1 Å². The third kappa shape index (κ3) is 6.17. The molecule has 0 aromatic heterocycles. The lowest BCUT2D eigenvalue weighted by molar-refractivity contribution is 0.415. The fourth-order valence-electron chi connectivity index (χ4n) is 2.21. The van der Waals surface area contributed by atoms with Crippen LogP contribution in [0, 0.1) is 0 Å². The number of primary sulfonamides is 1. The molecule has 7 nitrogen and oxygen atoms in total. The van der Waals surface area contributed by atoms with Gasteiger partial charge in [0.1, 0.15) is 5.75 Å². The van der Waals surface area contributed by atoms with Crippen LogP contribution in [0.1, 0.15) is 0 Å². The van der Waals surface area contributed by atoms with Crippen molar-refractivity contribution in [3.05, 3.63) is 78.9 Å². The second-order valence-electron chi connectivity index (χ2n) is 5.59. The predicted octanol–water partition coefficient (Wildman–Crippen LogP) is 2.94. The van der Waals surface area contributed by atoms with Crippen LogP contribution in [0.2, 0.25) is 0 Å². The zero-order chi connectivity index (χ0) is 20.8. The third-order valence-corrected chi connectivity index (χ3v) is 5.44. The first-order chi connectivity index (χ1) is 13.1. The van der Waals surface area contributed by atoms with Crippen LogP contribution in [0.4, 0.5) is 0 Å². The molecule has 0 saturated carbocycles. The van der Waals surface area contributed by atoms with E-state index in [9.17, 15) is 16.8 Å². The van der Waals surface area contributed by atoms with E-state index < -0.39 is 20.1 Å². The monoisotopic (exact) mass is 421 g/mol. The Morgan fingerprint density at radius 1 is 0.714 bits per heavy atom. The Bertz CT molecular complexity index is 1110. The lowest BCUT2D eigenvalue weighted by Gasteiger charge is -2.04. The van der Waals surface area contributed by atoms with Crippen LogP contribution >= 0.6 is 0 Å². The van der Waals surface area contributed by atoms with Gasteiger partial charge < -0.3 is 4.74 Å². The Hall–Kier alpha value is -2.72. The first-order valence-electron chi connectivity index (χ1n) is 7.91. The molecule has 0 fully saturated rings. The van der Waals surface area contributed by atoms with Gasteiger partial charge in [0.2, 0.25) is 10.0 Å². The summed E-state index contributed by atoms with van der Waals surface area (Å²) in [6.07, 6.45) is 0. The largest absolute Gasteiger partial charge is 0.497 e. The number of methoxy groups -OCH3 is 1. The molecule has 0 aliphatic heterocycles. The van der Waals surface area contributed by atoms with E-state index in [1.54, 1.807) is 37.4 Å². The summed E-state index contributed by atoms with van der Waals surface area (Å²) in [5.41, 5.74) is 1.81. The first-order valence-corrected chi connectivity index (χ1v) is 10.9. The molecule has 3 aromatic rings. The maximum atomic E-state index is 10.9. The quantitative estimate of drug-likeness (QED) is 0.624. The zero-order valence-electron chi connectivity index (χ0n) is 14.9. The number of nitrogens with two attached hydrogens (primary N) is 1. The summed E-state index contributed by atoms with van der Waals surface area (Å²) in [6.45, 7) is 0. The van der Waals surface area contributed by atoms with Gasteiger partial charge in [-0.25, -0.2) is 13.6 Å². The van der Waals surface area contributed by atoms with Crippen molar-refractivity contribution in [3.8, 4) is 16.9 Å². The molecule has 0 heterocycles. The Kier molecular flexibility index (Phi) is 6.92. The first kappa shape index (κ1) is 21.6. The Morgan fingerprint density at radius 3 is 1.54 bits per heavy atom. The van der Waals surface area contributed by atoms with Gasteiger partial charge in [0.15, 0.2) is 0 Å². The van der Waals surface area contributed by atoms with Crippen LogP contribution in [0.5, 0.6) is 5.75 Å². The molecule has 0 atom stereocenters. The van der Waals surface area contributed by atoms with Crippen LogP contribution in [-0.2, 0) is 20.1 Å². The lowest BCUT2D eigenvalue weighted by Crippen LogP contribution is -2.11. The van der Waals surface area contributed by atoms with Crippen molar-refractivity contribution in [2.24, 2.45) is 5.14 Å². The molecule has 3 N–H and O–H groups in total. The van der Waals surface area contributed by atoms with E-state index in [0.29, 0.717) is 0 Å². The van der Waals surface area contributed by atoms with Crippen molar-refractivity contribution >= 4 is 20.1 Å². The summed E-state index contributed by atoms with van der Waals surface area (Å²) in [5, 5.41) is 4.83. The highest BCUT2D eigenvalue weighted by Crippen LogP contribution is 2.23. The van der Waals surface area contributed by atoms with Crippen molar-refractivity contribution in [3.63, 3.8) is 0 Å². The maximum Gasteiger partial charge on any atom is 0.294 e. The highest BCUT2D eigenvalue weighted by Gasteiger charge is 2.08. The van der Waals surface area contributed by atoms with Gasteiger partial charge in [0, 0.05) is 0 Å². The Morgan fingerprint density at radius 2 is 1.18 bits per heavy atom. The van der Waals surface area contributed by atoms with E-state index in [1.165, 1.54) is 24.3 Å².